The summed E-state index contributed by atoms with van der Waals surface area (Å²) in [5.41, 5.74) is 6.56. The quantitative estimate of drug-likeness (QED) is 0.762. The van der Waals surface area contributed by atoms with Crippen LogP contribution in [0, 0.1) is 17.1 Å². The van der Waals surface area contributed by atoms with Gasteiger partial charge in [-0.2, -0.15) is 5.26 Å². The van der Waals surface area contributed by atoms with Crippen LogP contribution in [0.25, 0.3) is 0 Å². The molecule has 2 aromatic carbocycles. The summed E-state index contributed by atoms with van der Waals surface area (Å²) < 4.78 is 30.5. The number of esters is 1. The van der Waals surface area contributed by atoms with Gasteiger partial charge in [-0.15, -0.1) is 0 Å². The molecular weight excluding hydrogens is 375 g/mol. The summed E-state index contributed by atoms with van der Waals surface area (Å²) in [7, 11) is 0. The zero-order chi connectivity index (χ0) is 21.0. The number of hydrogen-bond acceptors (Lipinski definition) is 6. The number of benzene rings is 2. The Morgan fingerprint density at radius 1 is 1.21 bits per heavy atom. The third-order valence-corrected chi connectivity index (χ3v) is 4.39. The van der Waals surface area contributed by atoms with Gasteiger partial charge in [0.2, 0.25) is 5.88 Å². The van der Waals surface area contributed by atoms with Crippen LogP contribution in [0.15, 0.2) is 71.3 Å². The molecular formula is C22H19FN2O4. The molecule has 0 aromatic heterocycles. The molecule has 29 heavy (non-hydrogen) atoms. The smallest absolute Gasteiger partial charge is 0.338 e. The molecule has 6 nitrogen and oxygen atoms in total. The van der Waals surface area contributed by atoms with E-state index in [9.17, 15) is 14.4 Å². The number of halogens is 1. The van der Waals surface area contributed by atoms with Crippen molar-refractivity contribution in [1.82, 2.24) is 0 Å². The average molecular weight is 394 g/mol. The van der Waals surface area contributed by atoms with Gasteiger partial charge in [-0.3, -0.25) is 0 Å². The van der Waals surface area contributed by atoms with E-state index in [0.717, 1.165) is 0 Å². The predicted molar refractivity (Wildman–Crippen MR) is 103 cm³/mol. The molecule has 2 N–H and O–H groups in total. The Balaban J connectivity index is 2.15. The van der Waals surface area contributed by atoms with Gasteiger partial charge in [0, 0.05) is 5.56 Å². The van der Waals surface area contributed by atoms with Crippen molar-refractivity contribution in [2.24, 2.45) is 5.73 Å². The highest BCUT2D eigenvalue weighted by molar-refractivity contribution is 5.92. The maximum Gasteiger partial charge on any atom is 0.338 e. The normalized spacial score (nSPS) is 16.1. The topological polar surface area (TPSA) is 94.6 Å². The molecule has 1 aliphatic rings. The molecule has 0 saturated heterocycles. The summed E-state index contributed by atoms with van der Waals surface area (Å²) in [6.07, 6.45) is 0. The fourth-order valence-electron chi connectivity index (χ4n) is 3.12. The molecule has 0 saturated carbocycles. The van der Waals surface area contributed by atoms with Crippen LogP contribution in [0.5, 0.6) is 11.5 Å². The van der Waals surface area contributed by atoms with Gasteiger partial charge < -0.3 is 19.9 Å². The molecule has 148 valence electrons. The number of nitrogens with two attached hydrogens (primary N) is 1. The lowest BCUT2D eigenvalue weighted by Gasteiger charge is -2.28. The Labute approximate surface area is 167 Å². The number of carbonyl (C=O) groups is 1. The monoisotopic (exact) mass is 394 g/mol. The average Bonchev–Trinajstić information content (AvgIpc) is 2.70. The first-order valence-corrected chi connectivity index (χ1v) is 8.94. The Hall–Kier alpha value is -3.79. The van der Waals surface area contributed by atoms with E-state index < -0.39 is 17.7 Å². The van der Waals surface area contributed by atoms with Crippen molar-refractivity contribution in [3.05, 3.63) is 82.7 Å². The number of allylic oxidation sites excluding steroid dienone is 2. The lowest BCUT2D eigenvalue weighted by molar-refractivity contribution is -0.139. The summed E-state index contributed by atoms with van der Waals surface area (Å²) in [5, 5.41) is 9.69. The Morgan fingerprint density at radius 2 is 1.86 bits per heavy atom. The first kappa shape index (κ1) is 20.0. The van der Waals surface area contributed by atoms with Crippen LogP contribution in [0.2, 0.25) is 0 Å². The SMILES string of the molecule is CCOC(=O)C1=C(C)OC(N)=C(C#N)C1c1ccccc1Oc1ccccc1F. The second-order valence-electron chi connectivity index (χ2n) is 6.19. The van der Waals surface area contributed by atoms with Crippen molar-refractivity contribution in [1.29, 1.82) is 5.26 Å². The summed E-state index contributed by atoms with van der Waals surface area (Å²) >= 11 is 0. The molecule has 0 amide bonds. The van der Waals surface area contributed by atoms with Gasteiger partial charge in [0.1, 0.15) is 23.2 Å². The third kappa shape index (κ3) is 3.92. The van der Waals surface area contributed by atoms with E-state index in [1.54, 1.807) is 50.2 Å². The Bertz CT molecular complexity index is 1050. The third-order valence-electron chi connectivity index (χ3n) is 4.39. The highest BCUT2D eigenvalue weighted by atomic mass is 19.1. The molecule has 0 spiro atoms. The zero-order valence-corrected chi connectivity index (χ0v) is 15.9. The number of nitrogens with zero attached hydrogens (tertiary/aromatic N) is 1. The highest BCUT2D eigenvalue weighted by Crippen LogP contribution is 2.43. The summed E-state index contributed by atoms with van der Waals surface area (Å²) in [6, 6.07) is 14.7. The van der Waals surface area contributed by atoms with Crippen LogP contribution in [-0.4, -0.2) is 12.6 Å². The van der Waals surface area contributed by atoms with Crippen molar-refractivity contribution in [2.45, 2.75) is 19.8 Å². The summed E-state index contributed by atoms with van der Waals surface area (Å²) in [4.78, 5) is 12.7. The van der Waals surface area contributed by atoms with Crippen molar-refractivity contribution < 1.29 is 23.4 Å². The lowest BCUT2D eigenvalue weighted by Crippen LogP contribution is -2.25. The van der Waals surface area contributed by atoms with E-state index in [-0.39, 0.29) is 40.9 Å². The van der Waals surface area contributed by atoms with Crippen molar-refractivity contribution in [3.63, 3.8) is 0 Å². The second-order valence-corrected chi connectivity index (χ2v) is 6.19. The number of ether oxygens (including phenoxy) is 3. The van der Waals surface area contributed by atoms with Crippen LogP contribution >= 0.6 is 0 Å². The first-order valence-electron chi connectivity index (χ1n) is 8.94. The Kier molecular flexibility index (Phi) is 5.84. The van der Waals surface area contributed by atoms with Crippen LogP contribution in [0.1, 0.15) is 25.3 Å². The molecule has 1 aliphatic heterocycles. The van der Waals surface area contributed by atoms with E-state index in [1.165, 1.54) is 12.1 Å². The van der Waals surface area contributed by atoms with Crippen LogP contribution < -0.4 is 10.5 Å². The van der Waals surface area contributed by atoms with E-state index in [1.807, 2.05) is 6.07 Å². The molecule has 7 heteroatoms. The van der Waals surface area contributed by atoms with E-state index in [0.29, 0.717) is 5.56 Å². The van der Waals surface area contributed by atoms with E-state index in [4.69, 9.17) is 19.9 Å². The van der Waals surface area contributed by atoms with Crippen LogP contribution in [0.4, 0.5) is 4.39 Å². The van der Waals surface area contributed by atoms with Crippen molar-refractivity contribution >= 4 is 5.97 Å². The van der Waals surface area contributed by atoms with Crippen molar-refractivity contribution in [3.8, 4) is 17.6 Å². The summed E-state index contributed by atoms with van der Waals surface area (Å²) in [5.74, 6) is -1.64. The fraction of sp³-hybridized carbons (Fsp3) is 0.182. The zero-order valence-electron chi connectivity index (χ0n) is 15.9. The highest BCUT2D eigenvalue weighted by Gasteiger charge is 2.37. The number of carbonyl (C=O) groups excluding carboxylic acids is 1. The van der Waals surface area contributed by atoms with Crippen molar-refractivity contribution in [2.75, 3.05) is 6.61 Å². The minimum absolute atomic E-state index is 0.0147. The molecule has 1 atom stereocenters. The van der Waals surface area contributed by atoms with E-state index in [2.05, 4.69) is 0 Å². The Morgan fingerprint density at radius 3 is 2.52 bits per heavy atom. The molecule has 1 heterocycles. The minimum atomic E-state index is -0.879. The number of nitriles is 1. The van der Waals surface area contributed by atoms with Gasteiger partial charge in [0.05, 0.1) is 18.1 Å². The molecule has 3 rings (SSSR count). The predicted octanol–water partition coefficient (Wildman–Crippen LogP) is 4.26. The minimum Gasteiger partial charge on any atom is -0.463 e. The van der Waals surface area contributed by atoms with Gasteiger partial charge >= 0.3 is 5.97 Å². The molecule has 0 fully saturated rings. The van der Waals surface area contributed by atoms with Crippen LogP contribution in [0.3, 0.4) is 0 Å². The van der Waals surface area contributed by atoms with Crippen LogP contribution in [-0.2, 0) is 14.3 Å². The number of hydrogen-bond donors (Lipinski definition) is 1. The second kappa shape index (κ2) is 8.48. The van der Waals surface area contributed by atoms with E-state index >= 15 is 0 Å². The fourth-order valence-corrected chi connectivity index (χ4v) is 3.12. The lowest BCUT2D eigenvalue weighted by atomic mass is 9.82. The molecule has 1 unspecified atom stereocenters. The standard InChI is InChI=1S/C22H19FN2O4/c1-3-27-22(26)19-13(2)28-21(25)15(12-24)20(19)14-8-4-6-10-17(14)29-18-11-7-5-9-16(18)23/h4-11,20H,3,25H2,1-2H3. The molecule has 2 aromatic rings. The molecule has 0 bridgehead atoms. The van der Waals surface area contributed by atoms with Gasteiger partial charge in [0.25, 0.3) is 0 Å². The largest absolute Gasteiger partial charge is 0.463 e. The molecule has 0 aliphatic carbocycles. The maximum atomic E-state index is 14.1. The van der Waals surface area contributed by atoms with Gasteiger partial charge in [-0.25, -0.2) is 9.18 Å². The first-order chi connectivity index (χ1) is 14.0. The summed E-state index contributed by atoms with van der Waals surface area (Å²) in [6.45, 7) is 3.40. The van der Waals surface area contributed by atoms with Gasteiger partial charge in [-0.1, -0.05) is 30.3 Å². The van der Waals surface area contributed by atoms with Gasteiger partial charge in [0.15, 0.2) is 11.6 Å². The number of para-hydroxylation sites is 2. The maximum absolute atomic E-state index is 14.1. The molecule has 0 radical (unpaired) electrons. The van der Waals surface area contributed by atoms with Gasteiger partial charge in [-0.05, 0) is 32.0 Å². The number of rotatable bonds is 5.